The van der Waals surface area contributed by atoms with Crippen molar-refractivity contribution < 1.29 is 19.7 Å². The zero-order valence-electron chi connectivity index (χ0n) is 12.1. The van der Waals surface area contributed by atoms with E-state index in [2.05, 4.69) is 13.8 Å². The van der Waals surface area contributed by atoms with E-state index in [4.69, 9.17) is 9.84 Å². The lowest BCUT2D eigenvalue weighted by Gasteiger charge is -2.22. The van der Waals surface area contributed by atoms with Crippen LogP contribution in [0.4, 0.5) is 0 Å². The number of hydrogen-bond donors (Lipinski definition) is 2. The summed E-state index contributed by atoms with van der Waals surface area (Å²) in [6.45, 7) is 5.70. The molecule has 2 N–H and O–H groups in total. The molecule has 4 heteroatoms. The van der Waals surface area contributed by atoms with Gasteiger partial charge in [0.25, 0.3) is 0 Å². The highest BCUT2D eigenvalue weighted by atomic mass is 16.5. The SMILES string of the molecule is COC(C)(C)CCCCCC[C@@H](O)[C@@H](C)C(=O)O. The Hall–Kier alpha value is -0.610. The van der Waals surface area contributed by atoms with E-state index in [1.54, 1.807) is 14.0 Å². The van der Waals surface area contributed by atoms with E-state index in [1.807, 2.05) is 0 Å². The van der Waals surface area contributed by atoms with Gasteiger partial charge in [0.15, 0.2) is 0 Å². The topological polar surface area (TPSA) is 66.8 Å². The quantitative estimate of drug-likeness (QED) is 0.593. The van der Waals surface area contributed by atoms with E-state index in [9.17, 15) is 9.90 Å². The third-order valence-corrected chi connectivity index (χ3v) is 3.55. The third kappa shape index (κ3) is 7.67. The smallest absolute Gasteiger partial charge is 0.308 e. The zero-order valence-corrected chi connectivity index (χ0v) is 12.1. The normalized spacial score (nSPS) is 15.4. The molecule has 18 heavy (non-hydrogen) atoms. The summed E-state index contributed by atoms with van der Waals surface area (Å²) in [5, 5.41) is 18.3. The minimum Gasteiger partial charge on any atom is -0.481 e. The minimum absolute atomic E-state index is 0.0582. The Kier molecular flexibility index (Phi) is 8.20. The maximum atomic E-state index is 10.6. The molecule has 0 fully saturated rings. The number of aliphatic hydroxyl groups excluding tert-OH is 1. The van der Waals surface area contributed by atoms with Crippen LogP contribution in [0.2, 0.25) is 0 Å². The Labute approximate surface area is 110 Å². The fourth-order valence-electron chi connectivity index (χ4n) is 1.77. The van der Waals surface area contributed by atoms with Crippen LogP contribution in [0.25, 0.3) is 0 Å². The molecule has 0 aromatic carbocycles. The van der Waals surface area contributed by atoms with Crippen molar-refractivity contribution in [1.29, 1.82) is 0 Å². The first-order valence-corrected chi connectivity index (χ1v) is 6.76. The molecule has 0 unspecified atom stereocenters. The van der Waals surface area contributed by atoms with E-state index in [-0.39, 0.29) is 5.60 Å². The van der Waals surface area contributed by atoms with Gasteiger partial charge in [-0.15, -0.1) is 0 Å². The molecular formula is C14H28O4. The van der Waals surface area contributed by atoms with E-state index in [0.29, 0.717) is 6.42 Å². The van der Waals surface area contributed by atoms with Gasteiger partial charge in [-0.1, -0.05) is 25.7 Å². The van der Waals surface area contributed by atoms with Gasteiger partial charge in [0.2, 0.25) is 0 Å². The summed E-state index contributed by atoms with van der Waals surface area (Å²) in [5.74, 6) is -1.60. The molecule has 0 spiro atoms. The number of ether oxygens (including phenoxy) is 1. The van der Waals surface area contributed by atoms with Crippen molar-refractivity contribution in [2.45, 2.75) is 71.0 Å². The van der Waals surface area contributed by atoms with Gasteiger partial charge < -0.3 is 14.9 Å². The molecule has 0 bridgehead atoms. The molecule has 0 saturated carbocycles. The summed E-state index contributed by atoms with van der Waals surface area (Å²) in [6.07, 6.45) is 4.98. The van der Waals surface area contributed by atoms with Crippen LogP contribution in [-0.2, 0) is 9.53 Å². The highest BCUT2D eigenvalue weighted by Gasteiger charge is 2.20. The molecule has 4 nitrogen and oxygen atoms in total. The lowest BCUT2D eigenvalue weighted by molar-refractivity contribution is -0.144. The summed E-state index contributed by atoms with van der Waals surface area (Å²) < 4.78 is 5.33. The van der Waals surface area contributed by atoms with Gasteiger partial charge in [-0.2, -0.15) is 0 Å². The molecular weight excluding hydrogens is 232 g/mol. The highest BCUT2D eigenvalue weighted by Crippen LogP contribution is 2.19. The van der Waals surface area contributed by atoms with E-state index >= 15 is 0 Å². The maximum Gasteiger partial charge on any atom is 0.308 e. The largest absolute Gasteiger partial charge is 0.481 e. The number of aliphatic carboxylic acids is 1. The predicted octanol–water partition coefficient (Wildman–Crippen LogP) is 2.83. The maximum absolute atomic E-state index is 10.6. The number of aliphatic hydroxyl groups is 1. The molecule has 0 radical (unpaired) electrons. The van der Waals surface area contributed by atoms with Crippen LogP contribution in [0.3, 0.4) is 0 Å². The van der Waals surface area contributed by atoms with Gasteiger partial charge in [0, 0.05) is 7.11 Å². The van der Waals surface area contributed by atoms with Crippen LogP contribution in [0.5, 0.6) is 0 Å². The van der Waals surface area contributed by atoms with Gasteiger partial charge >= 0.3 is 5.97 Å². The second kappa shape index (κ2) is 8.48. The molecule has 2 atom stereocenters. The van der Waals surface area contributed by atoms with Crippen LogP contribution in [-0.4, -0.2) is 35.0 Å². The Morgan fingerprint density at radius 3 is 2.28 bits per heavy atom. The molecule has 0 saturated heterocycles. The van der Waals surface area contributed by atoms with Gasteiger partial charge in [0.1, 0.15) is 0 Å². The number of unbranched alkanes of at least 4 members (excludes halogenated alkanes) is 3. The number of hydrogen-bond acceptors (Lipinski definition) is 3. The summed E-state index contributed by atoms with van der Waals surface area (Å²) in [6, 6.07) is 0. The average Bonchev–Trinajstić information content (AvgIpc) is 2.32. The van der Waals surface area contributed by atoms with Gasteiger partial charge in [-0.25, -0.2) is 0 Å². The second-order valence-electron chi connectivity index (χ2n) is 5.61. The first-order valence-electron chi connectivity index (χ1n) is 6.76. The molecule has 0 aliphatic rings. The number of carbonyl (C=O) groups is 1. The average molecular weight is 260 g/mol. The van der Waals surface area contributed by atoms with Crippen molar-refractivity contribution in [2.75, 3.05) is 7.11 Å². The van der Waals surface area contributed by atoms with Crippen molar-refractivity contribution >= 4 is 5.97 Å². The standard InChI is InChI=1S/C14H28O4/c1-11(13(16)17)12(15)9-7-5-6-8-10-14(2,3)18-4/h11-12,15H,5-10H2,1-4H3,(H,16,17)/t11-,12-/m1/s1. The number of methoxy groups -OCH3 is 1. The van der Waals surface area contributed by atoms with E-state index in [1.165, 1.54) is 0 Å². The van der Waals surface area contributed by atoms with Crippen LogP contribution in [0.15, 0.2) is 0 Å². The fourth-order valence-corrected chi connectivity index (χ4v) is 1.77. The van der Waals surface area contributed by atoms with Crippen molar-refractivity contribution in [1.82, 2.24) is 0 Å². The number of rotatable bonds is 10. The molecule has 0 heterocycles. The second-order valence-corrected chi connectivity index (χ2v) is 5.61. The molecule has 0 aliphatic heterocycles. The van der Waals surface area contributed by atoms with Crippen LogP contribution in [0.1, 0.15) is 59.3 Å². The summed E-state index contributed by atoms with van der Waals surface area (Å²) >= 11 is 0. The lowest BCUT2D eigenvalue weighted by Crippen LogP contribution is -2.25. The predicted molar refractivity (Wildman–Crippen MR) is 71.6 cm³/mol. The number of carboxylic acids is 1. The lowest BCUT2D eigenvalue weighted by atomic mass is 9.97. The minimum atomic E-state index is -0.927. The fraction of sp³-hybridized carbons (Fsp3) is 0.929. The number of carboxylic acid groups (broad SMARTS) is 1. The van der Waals surface area contributed by atoms with Crippen molar-refractivity contribution in [2.24, 2.45) is 5.92 Å². The van der Waals surface area contributed by atoms with Gasteiger partial charge in [0.05, 0.1) is 17.6 Å². The van der Waals surface area contributed by atoms with Gasteiger partial charge in [-0.05, 0) is 33.6 Å². The summed E-state index contributed by atoms with van der Waals surface area (Å²) in [7, 11) is 1.73. The van der Waals surface area contributed by atoms with Crippen molar-refractivity contribution in [3.05, 3.63) is 0 Å². The van der Waals surface area contributed by atoms with Crippen molar-refractivity contribution in [3.63, 3.8) is 0 Å². The molecule has 0 aromatic rings. The Bertz CT molecular complexity index is 238. The summed E-state index contributed by atoms with van der Waals surface area (Å²) in [5.41, 5.74) is -0.0582. The summed E-state index contributed by atoms with van der Waals surface area (Å²) in [4.78, 5) is 10.6. The first-order chi connectivity index (χ1) is 8.30. The Balaban J connectivity index is 3.54. The Morgan fingerprint density at radius 2 is 1.78 bits per heavy atom. The van der Waals surface area contributed by atoms with Crippen molar-refractivity contribution in [3.8, 4) is 0 Å². The van der Waals surface area contributed by atoms with Gasteiger partial charge in [-0.3, -0.25) is 4.79 Å². The van der Waals surface area contributed by atoms with E-state index < -0.39 is 18.0 Å². The zero-order chi connectivity index (χ0) is 14.2. The highest BCUT2D eigenvalue weighted by molar-refractivity contribution is 5.70. The van der Waals surface area contributed by atoms with Crippen LogP contribution < -0.4 is 0 Å². The Morgan fingerprint density at radius 1 is 1.22 bits per heavy atom. The van der Waals surface area contributed by atoms with Crippen LogP contribution >= 0.6 is 0 Å². The molecule has 0 rings (SSSR count). The van der Waals surface area contributed by atoms with E-state index in [0.717, 1.165) is 32.1 Å². The molecule has 0 aromatic heterocycles. The third-order valence-electron chi connectivity index (χ3n) is 3.55. The first kappa shape index (κ1) is 17.4. The monoisotopic (exact) mass is 260 g/mol. The molecule has 0 aliphatic carbocycles. The molecule has 0 amide bonds. The van der Waals surface area contributed by atoms with Crippen LogP contribution in [0, 0.1) is 5.92 Å². The molecule has 108 valence electrons.